The molecule has 0 atom stereocenters. The van der Waals surface area contributed by atoms with E-state index >= 15 is 0 Å². The molecule has 3 nitrogen and oxygen atoms in total. The summed E-state index contributed by atoms with van der Waals surface area (Å²) in [6.07, 6.45) is 3.84. The summed E-state index contributed by atoms with van der Waals surface area (Å²) in [5.74, 6) is 0.597. The summed E-state index contributed by atoms with van der Waals surface area (Å²) in [4.78, 5) is 0. The number of allylic oxidation sites excluding steroid dienone is 1. The van der Waals surface area contributed by atoms with E-state index in [-0.39, 0.29) is 0 Å². The van der Waals surface area contributed by atoms with Crippen molar-refractivity contribution in [1.29, 1.82) is 5.26 Å². The van der Waals surface area contributed by atoms with E-state index in [0.29, 0.717) is 24.5 Å². The molecule has 0 N–H and O–H groups in total. The van der Waals surface area contributed by atoms with Gasteiger partial charge in [0.05, 0.1) is 19.3 Å². The fourth-order valence-electron chi connectivity index (χ4n) is 1.44. The van der Waals surface area contributed by atoms with Gasteiger partial charge in [0.15, 0.2) is 0 Å². The smallest absolute Gasteiger partial charge is 0.136 e. The molecule has 0 unspecified atom stereocenters. The third-order valence-electron chi connectivity index (χ3n) is 2.35. The molecule has 1 aromatic carbocycles. The van der Waals surface area contributed by atoms with E-state index in [2.05, 4.69) is 12.6 Å². The second-order valence-electron chi connectivity index (χ2n) is 3.63. The molecule has 0 heterocycles. The lowest BCUT2D eigenvalue weighted by Gasteiger charge is -2.07. The Hall–Kier alpha value is -1.79. The minimum atomic E-state index is 0.541. The number of nitrogens with zero attached hydrogens (tertiary/aromatic N) is 1. The lowest BCUT2D eigenvalue weighted by atomic mass is 10.1. The molecule has 3 heteroatoms. The molecule has 0 fully saturated rings. The van der Waals surface area contributed by atoms with Crippen molar-refractivity contribution in [1.82, 2.24) is 0 Å². The third-order valence-corrected chi connectivity index (χ3v) is 2.35. The first-order chi connectivity index (χ1) is 8.31. The Bertz CT molecular complexity index is 407. The zero-order valence-corrected chi connectivity index (χ0v) is 10.1. The number of rotatable bonds is 7. The first kappa shape index (κ1) is 13.3. The fourth-order valence-corrected chi connectivity index (χ4v) is 1.44. The van der Waals surface area contributed by atoms with Gasteiger partial charge in [0.2, 0.25) is 0 Å². The highest BCUT2D eigenvalue weighted by Gasteiger charge is 2.03. The largest absolute Gasteiger partial charge is 0.495 e. The van der Waals surface area contributed by atoms with Crippen molar-refractivity contribution in [2.24, 2.45) is 0 Å². The van der Waals surface area contributed by atoms with Crippen LogP contribution in [0.5, 0.6) is 5.75 Å². The molecule has 0 radical (unpaired) electrons. The molecule has 0 amide bonds. The molecule has 0 aliphatic carbocycles. The highest BCUT2D eigenvalue weighted by molar-refractivity contribution is 5.45. The Morgan fingerprint density at radius 1 is 1.47 bits per heavy atom. The summed E-state index contributed by atoms with van der Waals surface area (Å²) in [6, 6.07) is 7.55. The van der Waals surface area contributed by atoms with Crippen LogP contribution >= 0.6 is 0 Å². The quantitative estimate of drug-likeness (QED) is 0.535. The number of benzene rings is 1. The van der Waals surface area contributed by atoms with Crippen molar-refractivity contribution in [3.8, 4) is 11.8 Å². The first-order valence-electron chi connectivity index (χ1n) is 5.57. The summed E-state index contributed by atoms with van der Waals surface area (Å²) in [5, 5.41) is 8.84. The monoisotopic (exact) mass is 231 g/mol. The highest BCUT2D eigenvalue weighted by Crippen LogP contribution is 2.19. The number of ether oxygens (including phenoxy) is 2. The van der Waals surface area contributed by atoms with Gasteiger partial charge in [-0.1, -0.05) is 12.1 Å². The van der Waals surface area contributed by atoms with Crippen molar-refractivity contribution in [2.45, 2.75) is 19.4 Å². The average Bonchev–Trinajstić information content (AvgIpc) is 2.38. The van der Waals surface area contributed by atoms with Gasteiger partial charge in [-0.3, -0.25) is 0 Å². The Morgan fingerprint density at radius 3 is 2.94 bits per heavy atom. The zero-order chi connectivity index (χ0) is 12.5. The van der Waals surface area contributed by atoms with Crippen LogP contribution < -0.4 is 4.74 Å². The van der Waals surface area contributed by atoms with Crippen molar-refractivity contribution in [3.05, 3.63) is 42.0 Å². The Morgan fingerprint density at radius 2 is 2.29 bits per heavy atom. The van der Waals surface area contributed by atoms with E-state index in [9.17, 15) is 0 Å². The van der Waals surface area contributed by atoms with Gasteiger partial charge in [-0.05, 0) is 30.5 Å². The molecule has 0 aliphatic heterocycles. The van der Waals surface area contributed by atoms with Gasteiger partial charge in [-0.2, -0.15) is 5.26 Å². The van der Waals surface area contributed by atoms with Crippen LogP contribution in [0.25, 0.3) is 0 Å². The molecule has 17 heavy (non-hydrogen) atoms. The van der Waals surface area contributed by atoms with Crippen LogP contribution in [-0.4, -0.2) is 13.7 Å². The average molecular weight is 231 g/mol. The molecule has 0 aliphatic rings. The van der Waals surface area contributed by atoms with Crippen LogP contribution in [0.1, 0.15) is 24.0 Å². The van der Waals surface area contributed by atoms with Crippen LogP contribution in [0.2, 0.25) is 0 Å². The molecule has 0 bridgehead atoms. The van der Waals surface area contributed by atoms with Gasteiger partial charge in [-0.25, -0.2) is 0 Å². The van der Waals surface area contributed by atoms with E-state index in [1.165, 1.54) is 0 Å². The molecule has 0 saturated carbocycles. The number of unbranched alkanes of at least 4 members (excludes halogenated alkanes) is 1. The number of hydrogen-bond acceptors (Lipinski definition) is 3. The molecule has 0 saturated heterocycles. The summed E-state index contributed by atoms with van der Waals surface area (Å²) in [7, 11) is 1.56. The van der Waals surface area contributed by atoms with Gasteiger partial charge in [-0.15, -0.1) is 6.58 Å². The predicted octanol–water partition coefficient (Wildman–Crippen LogP) is 3.05. The minimum Gasteiger partial charge on any atom is -0.495 e. The van der Waals surface area contributed by atoms with E-state index < -0.39 is 0 Å². The van der Waals surface area contributed by atoms with Gasteiger partial charge in [0.25, 0.3) is 0 Å². The normalized spacial score (nSPS) is 9.65. The predicted molar refractivity (Wildman–Crippen MR) is 66.8 cm³/mol. The minimum absolute atomic E-state index is 0.541. The van der Waals surface area contributed by atoms with Crippen molar-refractivity contribution >= 4 is 0 Å². The van der Waals surface area contributed by atoms with Crippen LogP contribution in [0.15, 0.2) is 30.9 Å². The van der Waals surface area contributed by atoms with Crippen LogP contribution in [-0.2, 0) is 11.3 Å². The standard InChI is InChI=1S/C14H17NO2/c1-3-4-5-8-17-11-12-6-7-13(10-15)14(9-12)16-2/h3,6-7,9H,1,4-5,8,11H2,2H3. The highest BCUT2D eigenvalue weighted by atomic mass is 16.5. The Kier molecular flexibility index (Phi) is 5.84. The van der Waals surface area contributed by atoms with Crippen molar-refractivity contribution in [2.75, 3.05) is 13.7 Å². The maximum atomic E-state index is 8.84. The van der Waals surface area contributed by atoms with Crippen LogP contribution in [0.4, 0.5) is 0 Å². The molecule has 1 rings (SSSR count). The third kappa shape index (κ3) is 4.29. The first-order valence-corrected chi connectivity index (χ1v) is 5.57. The molecular weight excluding hydrogens is 214 g/mol. The summed E-state index contributed by atoms with van der Waals surface area (Å²) < 4.78 is 10.6. The lowest BCUT2D eigenvalue weighted by Crippen LogP contribution is -1.96. The van der Waals surface area contributed by atoms with Crippen molar-refractivity contribution < 1.29 is 9.47 Å². The molecule has 0 spiro atoms. The molecule has 1 aromatic rings. The second kappa shape index (κ2) is 7.48. The van der Waals surface area contributed by atoms with E-state index in [0.717, 1.165) is 18.4 Å². The maximum Gasteiger partial charge on any atom is 0.136 e. The molecule has 90 valence electrons. The van der Waals surface area contributed by atoms with Gasteiger partial charge >= 0.3 is 0 Å². The van der Waals surface area contributed by atoms with Crippen molar-refractivity contribution in [3.63, 3.8) is 0 Å². The summed E-state index contributed by atoms with van der Waals surface area (Å²) in [5.41, 5.74) is 1.56. The topological polar surface area (TPSA) is 42.2 Å². The SMILES string of the molecule is C=CCCCOCc1ccc(C#N)c(OC)c1. The van der Waals surface area contributed by atoms with Crippen LogP contribution in [0, 0.1) is 11.3 Å². The van der Waals surface area contributed by atoms with Gasteiger partial charge in [0.1, 0.15) is 11.8 Å². The van der Waals surface area contributed by atoms with E-state index in [1.807, 2.05) is 18.2 Å². The second-order valence-corrected chi connectivity index (χ2v) is 3.63. The fraction of sp³-hybridized carbons (Fsp3) is 0.357. The maximum absolute atomic E-state index is 8.84. The van der Waals surface area contributed by atoms with E-state index in [1.54, 1.807) is 13.2 Å². The molecule has 0 aromatic heterocycles. The van der Waals surface area contributed by atoms with E-state index in [4.69, 9.17) is 14.7 Å². The summed E-state index contributed by atoms with van der Waals surface area (Å²) >= 11 is 0. The van der Waals surface area contributed by atoms with Gasteiger partial charge in [0, 0.05) is 6.61 Å². The summed E-state index contributed by atoms with van der Waals surface area (Å²) in [6.45, 7) is 4.91. The number of hydrogen-bond donors (Lipinski definition) is 0. The Labute approximate surface area is 102 Å². The lowest BCUT2D eigenvalue weighted by molar-refractivity contribution is 0.119. The molecular formula is C14H17NO2. The van der Waals surface area contributed by atoms with Gasteiger partial charge < -0.3 is 9.47 Å². The Balaban J connectivity index is 2.49. The number of methoxy groups -OCH3 is 1. The number of nitriles is 1. The zero-order valence-electron chi connectivity index (χ0n) is 10.1. The van der Waals surface area contributed by atoms with Crippen LogP contribution in [0.3, 0.4) is 0 Å².